The lowest BCUT2D eigenvalue weighted by atomic mass is 9.79. The molecule has 3 aromatic rings. The standard InChI is InChI=1S/C21H19NO2/c23-20-11-14-6-8-16-15-4-2-1-3-13(15)5-7-17(16)18(14)12-19(20)21-22-9-10-24-21/h1-8,19,21-22H,9-12H2. The molecule has 3 aromatic carbocycles. The monoisotopic (exact) mass is 317 g/mol. The normalized spacial score (nSPS) is 23.8. The van der Waals surface area contributed by atoms with Crippen molar-refractivity contribution < 1.29 is 9.53 Å². The highest BCUT2D eigenvalue weighted by Gasteiger charge is 2.35. The molecule has 2 unspecified atom stereocenters. The quantitative estimate of drug-likeness (QED) is 0.700. The van der Waals surface area contributed by atoms with E-state index in [4.69, 9.17) is 4.74 Å². The summed E-state index contributed by atoms with van der Waals surface area (Å²) >= 11 is 0. The number of fused-ring (bicyclic) bond motifs is 5. The summed E-state index contributed by atoms with van der Waals surface area (Å²) in [6.45, 7) is 1.53. The van der Waals surface area contributed by atoms with Gasteiger partial charge >= 0.3 is 0 Å². The number of ketones is 1. The lowest BCUT2D eigenvalue weighted by Crippen LogP contribution is -2.41. The Morgan fingerprint density at radius 1 is 0.958 bits per heavy atom. The summed E-state index contributed by atoms with van der Waals surface area (Å²) in [5.41, 5.74) is 2.50. The summed E-state index contributed by atoms with van der Waals surface area (Å²) in [5.74, 6) is 0.221. The molecular weight excluding hydrogens is 298 g/mol. The molecule has 5 rings (SSSR count). The molecule has 3 heteroatoms. The van der Waals surface area contributed by atoms with Gasteiger partial charge < -0.3 is 4.74 Å². The van der Waals surface area contributed by atoms with Crippen LogP contribution in [-0.4, -0.2) is 25.2 Å². The van der Waals surface area contributed by atoms with Crippen LogP contribution in [0.2, 0.25) is 0 Å². The van der Waals surface area contributed by atoms with Crippen LogP contribution in [0.3, 0.4) is 0 Å². The number of rotatable bonds is 1. The first-order valence-corrected chi connectivity index (χ1v) is 8.61. The van der Waals surface area contributed by atoms with E-state index in [9.17, 15) is 4.79 Å². The van der Waals surface area contributed by atoms with Gasteiger partial charge in [0.15, 0.2) is 0 Å². The second-order valence-corrected chi connectivity index (χ2v) is 6.78. The summed E-state index contributed by atoms with van der Waals surface area (Å²) in [7, 11) is 0. The Morgan fingerprint density at radius 2 is 1.83 bits per heavy atom. The Labute approximate surface area is 140 Å². The zero-order chi connectivity index (χ0) is 16.1. The number of nitrogens with one attached hydrogen (secondary N) is 1. The SMILES string of the molecule is O=C1Cc2ccc3c(ccc4ccccc43)c2CC1C1NCCO1. The molecule has 3 nitrogen and oxygen atoms in total. The summed E-state index contributed by atoms with van der Waals surface area (Å²) in [6, 6.07) is 17.2. The van der Waals surface area contributed by atoms with Crippen LogP contribution >= 0.6 is 0 Å². The predicted octanol–water partition coefficient (Wildman–Crippen LogP) is 3.22. The topological polar surface area (TPSA) is 38.3 Å². The maximum Gasteiger partial charge on any atom is 0.144 e. The minimum Gasteiger partial charge on any atom is -0.361 e. The zero-order valence-corrected chi connectivity index (χ0v) is 13.4. The first-order chi connectivity index (χ1) is 11.8. The number of Topliss-reactive ketones (excluding diaryl/α,β-unsaturated/α-hetero) is 1. The van der Waals surface area contributed by atoms with E-state index in [0.717, 1.165) is 13.0 Å². The van der Waals surface area contributed by atoms with Crippen molar-refractivity contribution in [1.82, 2.24) is 5.32 Å². The van der Waals surface area contributed by atoms with E-state index in [-0.39, 0.29) is 12.1 Å². The fraction of sp³-hybridized carbons (Fsp3) is 0.286. The maximum absolute atomic E-state index is 12.6. The molecule has 1 saturated heterocycles. The number of carbonyl (C=O) groups is 1. The maximum atomic E-state index is 12.6. The van der Waals surface area contributed by atoms with E-state index >= 15 is 0 Å². The Bertz CT molecular complexity index is 957. The molecule has 1 aliphatic carbocycles. The van der Waals surface area contributed by atoms with Crippen LogP contribution in [0.5, 0.6) is 0 Å². The van der Waals surface area contributed by atoms with Crippen molar-refractivity contribution in [3.8, 4) is 0 Å². The van der Waals surface area contributed by atoms with Gasteiger partial charge in [0, 0.05) is 13.0 Å². The third-order valence-electron chi connectivity index (χ3n) is 5.45. The molecule has 120 valence electrons. The van der Waals surface area contributed by atoms with Gasteiger partial charge in [-0.15, -0.1) is 0 Å². The van der Waals surface area contributed by atoms with E-state index in [2.05, 4.69) is 53.8 Å². The van der Waals surface area contributed by atoms with Gasteiger partial charge in [-0.05, 0) is 39.1 Å². The number of carbonyl (C=O) groups excluding carboxylic acids is 1. The van der Waals surface area contributed by atoms with Gasteiger partial charge in [-0.3, -0.25) is 10.1 Å². The van der Waals surface area contributed by atoms with E-state index in [1.807, 2.05) is 0 Å². The molecule has 0 amide bonds. The molecule has 0 bridgehead atoms. The van der Waals surface area contributed by atoms with Gasteiger partial charge in [0.05, 0.1) is 12.5 Å². The Kier molecular flexibility index (Phi) is 3.18. The average molecular weight is 317 g/mol. The average Bonchev–Trinajstić information content (AvgIpc) is 3.15. The summed E-state index contributed by atoms with van der Waals surface area (Å²) in [4.78, 5) is 12.6. The van der Waals surface area contributed by atoms with Crippen LogP contribution in [0.25, 0.3) is 21.5 Å². The van der Waals surface area contributed by atoms with Gasteiger partial charge in [-0.2, -0.15) is 0 Å². The lowest BCUT2D eigenvalue weighted by molar-refractivity contribution is -0.127. The first kappa shape index (κ1) is 14.1. The molecule has 2 atom stereocenters. The zero-order valence-electron chi connectivity index (χ0n) is 13.4. The lowest BCUT2D eigenvalue weighted by Gasteiger charge is -2.28. The van der Waals surface area contributed by atoms with Gasteiger partial charge in [0.2, 0.25) is 0 Å². The van der Waals surface area contributed by atoms with Gasteiger partial charge in [0.1, 0.15) is 12.0 Å². The minimum atomic E-state index is -0.124. The Balaban J connectivity index is 1.68. The fourth-order valence-corrected chi connectivity index (χ4v) is 4.24. The molecule has 0 radical (unpaired) electrons. The van der Waals surface area contributed by atoms with Crippen molar-refractivity contribution in [2.45, 2.75) is 19.1 Å². The molecule has 1 heterocycles. The summed E-state index contributed by atoms with van der Waals surface area (Å²) in [5, 5.41) is 8.42. The molecule has 1 aliphatic heterocycles. The van der Waals surface area contributed by atoms with Crippen molar-refractivity contribution >= 4 is 27.3 Å². The minimum absolute atomic E-state index is 0.0722. The fourth-order valence-electron chi connectivity index (χ4n) is 4.24. The molecule has 1 N–H and O–H groups in total. The predicted molar refractivity (Wildman–Crippen MR) is 95.1 cm³/mol. The molecular formula is C21H19NO2. The van der Waals surface area contributed by atoms with Gasteiger partial charge in [-0.25, -0.2) is 0 Å². The van der Waals surface area contributed by atoms with Gasteiger partial charge in [0.25, 0.3) is 0 Å². The second kappa shape index (κ2) is 5.40. The van der Waals surface area contributed by atoms with E-state index in [1.165, 1.54) is 32.7 Å². The van der Waals surface area contributed by atoms with E-state index in [0.29, 0.717) is 18.8 Å². The number of ether oxygens (including phenoxy) is 1. The number of hydrogen-bond donors (Lipinski definition) is 1. The van der Waals surface area contributed by atoms with Crippen molar-refractivity contribution in [1.29, 1.82) is 0 Å². The number of benzene rings is 3. The largest absolute Gasteiger partial charge is 0.361 e. The summed E-state index contributed by atoms with van der Waals surface area (Å²) < 4.78 is 5.73. The van der Waals surface area contributed by atoms with Crippen molar-refractivity contribution in [3.05, 3.63) is 59.7 Å². The highest BCUT2D eigenvalue weighted by molar-refractivity contribution is 6.09. The van der Waals surface area contributed by atoms with E-state index < -0.39 is 0 Å². The molecule has 2 aliphatic rings. The smallest absolute Gasteiger partial charge is 0.144 e. The third-order valence-corrected chi connectivity index (χ3v) is 5.45. The molecule has 0 spiro atoms. The van der Waals surface area contributed by atoms with Crippen molar-refractivity contribution in [2.24, 2.45) is 5.92 Å². The Hall–Kier alpha value is -2.23. The van der Waals surface area contributed by atoms with Crippen LogP contribution in [0.15, 0.2) is 48.5 Å². The first-order valence-electron chi connectivity index (χ1n) is 8.61. The summed E-state index contributed by atoms with van der Waals surface area (Å²) in [6.07, 6.45) is 1.16. The highest BCUT2D eigenvalue weighted by atomic mass is 16.5. The highest BCUT2D eigenvalue weighted by Crippen LogP contribution is 2.35. The van der Waals surface area contributed by atoms with Crippen LogP contribution < -0.4 is 5.32 Å². The Morgan fingerprint density at radius 3 is 2.71 bits per heavy atom. The van der Waals surface area contributed by atoms with Gasteiger partial charge in [-0.1, -0.05) is 48.5 Å². The molecule has 0 saturated carbocycles. The van der Waals surface area contributed by atoms with Crippen molar-refractivity contribution in [2.75, 3.05) is 13.2 Å². The molecule has 0 aromatic heterocycles. The molecule has 24 heavy (non-hydrogen) atoms. The van der Waals surface area contributed by atoms with Crippen LogP contribution in [-0.2, 0) is 22.4 Å². The molecule has 1 fully saturated rings. The van der Waals surface area contributed by atoms with E-state index in [1.54, 1.807) is 0 Å². The van der Waals surface area contributed by atoms with Crippen LogP contribution in [0, 0.1) is 5.92 Å². The van der Waals surface area contributed by atoms with Crippen LogP contribution in [0.1, 0.15) is 11.1 Å². The third kappa shape index (κ3) is 2.09. The number of hydrogen-bond acceptors (Lipinski definition) is 3. The van der Waals surface area contributed by atoms with Crippen molar-refractivity contribution in [3.63, 3.8) is 0 Å². The second-order valence-electron chi connectivity index (χ2n) is 6.78. The van der Waals surface area contributed by atoms with Crippen LogP contribution in [0.4, 0.5) is 0 Å².